The van der Waals surface area contributed by atoms with Crippen molar-refractivity contribution in [2.75, 3.05) is 5.75 Å². The number of rotatable bonds is 2. The molecule has 0 bridgehead atoms. The maximum absolute atomic E-state index is 12.0. The first-order chi connectivity index (χ1) is 6.79. The molecule has 0 atom stereocenters. The molecule has 4 heteroatoms. The molecule has 0 radical (unpaired) electrons. The maximum atomic E-state index is 12.0. The molecule has 0 heterocycles. The van der Waals surface area contributed by atoms with E-state index in [2.05, 4.69) is 0 Å². The molecule has 0 N–H and O–H groups in total. The van der Waals surface area contributed by atoms with E-state index in [-0.39, 0.29) is 0 Å². The van der Waals surface area contributed by atoms with Gasteiger partial charge in [-0.2, -0.15) is 13.2 Å². The zero-order valence-corrected chi connectivity index (χ0v) is 9.72. The Hall–Kier alpha value is -0.640. The molecule has 0 unspecified atom stereocenters. The van der Waals surface area contributed by atoms with Crippen LogP contribution in [0.4, 0.5) is 13.2 Å². The lowest BCUT2D eigenvalue weighted by atomic mass is 10.1. The van der Waals surface area contributed by atoms with E-state index in [0.29, 0.717) is 0 Å². The highest BCUT2D eigenvalue weighted by Crippen LogP contribution is 2.30. The highest BCUT2D eigenvalue weighted by molar-refractivity contribution is 7.99. The molecule has 1 aromatic rings. The zero-order chi connectivity index (χ0) is 11.6. The summed E-state index contributed by atoms with van der Waals surface area (Å²) in [7, 11) is 0. The minimum atomic E-state index is -4.10. The van der Waals surface area contributed by atoms with Crippen LogP contribution >= 0.6 is 11.8 Å². The number of benzene rings is 1. The minimum absolute atomic E-state index is 0.718. The molecule has 0 aliphatic heterocycles. The summed E-state index contributed by atoms with van der Waals surface area (Å²) in [6.07, 6.45) is -4.10. The number of hydrogen-bond acceptors (Lipinski definition) is 1. The molecule has 1 rings (SSSR count). The van der Waals surface area contributed by atoms with Gasteiger partial charge in [0.15, 0.2) is 0 Å². The normalized spacial score (nSPS) is 11.9. The molecule has 15 heavy (non-hydrogen) atoms. The van der Waals surface area contributed by atoms with Crippen molar-refractivity contribution in [2.45, 2.75) is 31.8 Å². The van der Waals surface area contributed by atoms with Gasteiger partial charge in [0.25, 0.3) is 0 Å². The molecule has 0 aromatic heterocycles. The molecular weight excluding hydrogens is 221 g/mol. The molecule has 84 valence electrons. The molecule has 0 saturated heterocycles. The van der Waals surface area contributed by atoms with Crippen LogP contribution < -0.4 is 0 Å². The van der Waals surface area contributed by atoms with Crippen LogP contribution in [0, 0.1) is 20.8 Å². The van der Waals surface area contributed by atoms with Gasteiger partial charge in [0, 0.05) is 4.90 Å². The molecule has 0 fully saturated rings. The lowest BCUT2D eigenvalue weighted by molar-refractivity contribution is -0.105. The van der Waals surface area contributed by atoms with Crippen LogP contribution in [0.15, 0.2) is 17.0 Å². The van der Waals surface area contributed by atoms with Crippen LogP contribution in [0.25, 0.3) is 0 Å². The molecule has 0 saturated carbocycles. The first-order valence-corrected chi connectivity index (χ1v) is 5.55. The monoisotopic (exact) mass is 234 g/mol. The van der Waals surface area contributed by atoms with E-state index in [4.69, 9.17) is 0 Å². The SMILES string of the molecule is Cc1cc(C)c(SCC(F)(F)F)cc1C. The molecule has 0 aliphatic carbocycles. The minimum Gasteiger partial charge on any atom is -0.170 e. The standard InChI is InChI=1S/C11H13F3S/c1-7-4-9(3)10(5-8(7)2)15-6-11(12,13)14/h4-5H,6H2,1-3H3. The number of hydrogen-bond donors (Lipinski definition) is 0. The third-order valence-electron chi connectivity index (χ3n) is 2.18. The average molecular weight is 234 g/mol. The number of alkyl halides is 3. The van der Waals surface area contributed by atoms with Gasteiger partial charge < -0.3 is 0 Å². The first kappa shape index (κ1) is 12.4. The van der Waals surface area contributed by atoms with Crippen LogP contribution in [-0.2, 0) is 0 Å². The third kappa shape index (κ3) is 3.78. The number of halogens is 3. The fraction of sp³-hybridized carbons (Fsp3) is 0.455. The van der Waals surface area contributed by atoms with Crippen LogP contribution in [0.5, 0.6) is 0 Å². The van der Waals surface area contributed by atoms with Gasteiger partial charge in [-0.1, -0.05) is 6.07 Å². The van der Waals surface area contributed by atoms with Crippen molar-refractivity contribution < 1.29 is 13.2 Å². The van der Waals surface area contributed by atoms with Gasteiger partial charge in [-0.25, -0.2) is 0 Å². The number of thioether (sulfide) groups is 1. The van der Waals surface area contributed by atoms with E-state index in [0.717, 1.165) is 33.3 Å². The van der Waals surface area contributed by atoms with Crippen LogP contribution in [-0.4, -0.2) is 11.9 Å². The van der Waals surface area contributed by atoms with Crippen molar-refractivity contribution in [2.24, 2.45) is 0 Å². The summed E-state index contributed by atoms with van der Waals surface area (Å²) in [5, 5.41) is 0. The largest absolute Gasteiger partial charge is 0.398 e. The lowest BCUT2D eigenvalue weighted by Gasteiger charge is -2.10. The Kier molecular flexibility index (Phi) is 3.71. The Morgan fingerprint density at radius 3 is 2.07 bits per heavy atom. The van der Waals surface area contributed by atoms with Gasteiger partial charge in [-0.3, -0.25) is 0 Å². The van der Waals surface area contributed by atoms with Crippen molar-refractivity contribution in [1.29, 1.82) is 0 Å². The summed E-state index contributed by atoms with van der Waals surface area (Å²) < 4.78 is 36.1. The van der Waals surface area contributed by atoms with E-state index in [9.17, 15) is 13.2 Å². The van der Waals surface area contributed by atoms with E-state index >= 15 is 0 Å². The highest BCUT2D eigenvalue weighted by atomic mass is 32.2. The van der Waals surface area contributed by atoms with Crippen LogP contribution in [0.1, 0.15) is 16.7 Å². The summed E-state index contributed by atoms with van der Waals surface area (Å²) in [4.78, 5) is 0.718. The van der Waals surface area contributed by atoms with Crippen LogP contribution in [0.2, 0.25) is 0 Å². The van der Waals surface area contributed by atoms with Crippen molar-refractivity contribution in [3.63, 3.8) is 0 Å². The van der Waals surface area contributed by atoms with Crippen molar-refractivity contribution in [3.8, 4) is 0 Å². The van der Waals surface area contributed by atoms with E-state index < -0.39 is 11.9 Å². The first-order valence-electron chi connectivity index (χ1n) is 4.57. The summed E-state index contributed by atoms with van der Waals surface area (Å²) in [6, 6.07) is 3.75. The van der Waals surface area contributed by atoms with Crippen molar-refractivity contribution in [1.82, 2.24) is 0 Å². The summed E-state index contributed by atoms with van der Waals surface area (Å²) in [5.41, 5.74) is 3.06. The van der Waals surface area contributed by atoms with Gasteiger partial charge in [0.05, 0.1) is 5.75 Å². The van der Waals surface area contributed by atoms with Crippen molar-refractivity contribution in [3.05, 3.63) is 28.8 Å². The summed E-state index contributed by atoms with van der Waals surface area (Å²) in [5.74, 6) is -0.823. The molecule has 1 aromatic carbocycles. The van der Waals surface area contributed by atoms with Gasteiger partial charge in [0.2, 0.25) is 0 Å². The second kappa shape index (κ2) is 4.47. The van der Waals surface area contributed by atoms with E-state index in [1.165, 1.54) is 0 Å². The van der Waals surface area contributed by atoms with E-state index in [1.54, 1.807) is 0 Å². The van der Waals surface area contributed by atoms with Gasteiger partial charge in [0.1, 0.15) is 0 Å². The predicted octanol–water partition coefficient (Wildman–Crippen LogP) is 4.27. The second-order valence-electron chi connectivity index (χ2n) is 3.61. The summed E-state index contributed by atoms with van der Waals surface area (Å²) in [6.45, 7) is 5.71. The zero-order valence-electron chi connectivity index (χ0n) is 8.90. The van der Waals surface area contributed by atoms with Gasteiger partial charge in [-0.05, 0) is 43.5 Å². The predicted molar refractivity (Wildman–Crippen MR) is 57.4 cm³/mol. The highest BCUT2D eigenvalue weighted by Gasteiger charge is 2.27. The second-order valence-corrected chi connectivity index (χ2v) is 4.62. The molecule has 0 amide bonds. The van der Waals surface area contributed by atoms with Crippen molar-refractivity contribution >= 4 is 11.8 Å². The Balaban J connectivity index is 2.82. The lowest BCUT2D eigenvalue weighted by Crippen LogP contribution is -2.10. The molecule has 0 spiro atoms. The Bertz CT molecular complexity index is 356. The fourth-order valence-corrected chi connectivity index (χ4v) is 2.11. The smallest absolute Gasteiger partial charge is 0.170 e. The summed E-state index contributed by atoms with van der Waals surface area (Å²) >= 11 is 0.852. The topological polar surface area (TPSA) is 0 Å². The van der Waals surface area contributed by atoms with Crippen LogP contribution in [0.3, 0.4) is 0 Å². The van der Waals surface area contributed by atoms with Gasteiger partial charge >= 0.3 is 6.18 Å². The fourth-order valence-electron chi connectivity index (χ4n) is 1.25. The van der Waals surface area contributed by atoms with Gasteiger partial charge in [-0.15, -0.1) is 11.8 Å². The Morgan fingerprint density at radius 2 is 1.53 bits per heavy atom. The molecule has 0 aliphatic rings. The Labute approximate surface area is 91.9 Å². The van der Waals surface area contributed by atoms with E-state index in [1.807, 2.05) is 32.9 Å². The average Bonchev–Trinajstić information content (AvgIpc) is 2.07. The quantitative estimate of drug-likeness (QED) is 0.689. The Morgan fingerprint density at radius 1 is 1.00 bits per heavy atom. The molecular formula is C11H13F3S. The third-order valence-corrected chi connectivity index (χ3v) is 3.41. The number of aryl methyl sites for hydroxylation is 3. The maximum Gasteiger partial charge on any atom is 0.398 e. The molecule has 0 nitrogen and oxygen atoms in total.